The predicted molar refractivity (Wildman–Crippen MR) is 88.4 cm³/mol. The predicted octanol–water partition coefficient (Wildman–Crippen LogP) is 3.63. The number of carboxylic acids is 1. The summed E-state index contributed by atoms with van der Waals surface area (Å²) < 4.78 is 0.104. The van der Waals surface area contributed by atoms with E-state index in [2.05, 4.69) is 35.4 Å². The molecule has 0 saturated heterocycles. The summed E-state index contributed by atoms with van der Waals surface area (Å²) in [5.41, 5.74) is 0.545. The fourth-order valence-corrected chi connectivity index (χ4v) is 2.88. The van der Waals surface area contributed by atoms with Gasteiger partial charge in [-0.1, -0.05) is 27.7 Å². The number of thioether (sulfide) groups is 1. The standard InChI is InChI=1S/C15H25N3O2S/c1-6-15(7-2,21-5)9-17-11-8-16-13(10(3)4)18-12(11)14(19)20/h8,10,17H,6-7,9H2,1-5H3,(H,19,20). The van der Waals surface area contributed by atoms with Gasteiger partial charge >= 0.3 is 5.97 Å². The molecule has 6 heteroatoms. The summed E-state index contributed by atoms with van der Waals surface area (Å²) in [7, 11) is 0. The Labute approximate surface area is 131 Å². The summed E-state index contributed by atoms with van der Waals surface area (Å²) in [4.78, 5) is 19.8. The lowest BCUT2D eigenvalue weighted by molar-refractivity contribution is 0.0691. The van der Waals surface area contributed by atoms with E-state index >= 15 is 0 Å². The number of hydrogen-bond acceptors (Lipinski definition) is 5. The molecule has 0 spiro atoms. The molecule has 5 nitrogen and oxygen atoms in total. The van der Waals surface area contributed by atoms with Gasteiger partial charge in [-0.3, -0.25) is 0 Å². The van der Waals surface area contributed by atoms with Gasteiger partial charge in [-0.15, -0.1) is 0 Å². The largest absolute Gasteiger partial charge is 0.476 e. The second kappa shape index (κ2) is 7.64. The summed E-state index contributed by atoms with van der Waals surface area (Å²) in [5, 5.41) is 12.6. The van der Waals surface area contributed by atoms with Gasteiger partial charge < -0.3 is 10.4 Å². The van der Waals surface area contributed by atoms with Gasteiger partial charge in [0.05, 0.1) is 11.9 Å². The van der Waals surface area contributed by atoms with Crippen molar-refractivity contribution in [2.45, 2.75) is 51.2 Å². The number of aromatic carboxylic acids is 1. The van der Waals surface area contributed by atoms with Crippen LogP contribution in [0.25, 0.3) is 0 Å². The van der Waals surface area contributed by atoms with E-state index in [1.54, 1.807) is 6.20 Å². The molecule has 0 aliphatic rings. The summed E-state index contributed by atoms with van der Waals surface area (Å²) >= 11 is 1.81. The number of nitrogens with one attached hydrogen (secondary N) is 1. The molecule has 2 N–H and O–H groups in total. The Kier molecular flexibility index (Phi) is 6.45. The zero-order valence-electron chi connectivity index (χ0n) is 13.4. The number of carbonyl (C=O) groups is 1. The first-order valence-corrected chi connectivity index (χ1v) is 8.50. The number of hydrogen-bond donors (Lipinski definition) is 2. The SMILES string of the molecule is CCC(CC)(CNc1cnc(C(C)C)nc1C(=O)O)SC. The van der Waals surface area contributed by atoms with Crippen molar-refractivity contribution < 1.29 is 9.90 Å². The van der Waals surface area contributed by atoms with E-state index in [1.165, 1.54) is 0 Å². The van der Waals surface area contributed by atoms with Crippen LogP contribution in [0.1, 0.15) is 62.8 Å². The maximum Gasteiger partial charge on any atom is 0.356 e. The van der Waals surface area contributed by atoms with Crippen LogP contribution in [0.3, 0.4) is 0 Å². The van der Waals surface area contributed by atoms with Crippen LogP contribution < -0.4 is 5.32 Å². The number of anilines is 1. The highest BCUT2D eigenvalue weighted by Crippen LogP contribution is 2.31. The maximum atomic E-state index is 11.4. The van der Waals surface area contributed by atoms with Crippen LogP contribution in [0.15, 0.2) is 6.20 Å². The number of aromatic nitrogens is 2. The smallest absolute Gasteiger partial charge is 0.356 e. The summed E-state index contributed by atoms with van der Waals surface area (Å²) in [6.07, 6.45) is 5.71. The van der Waals surface area contributed by atoms with Crippen molar-refractivity contribution in [2.75, 3.05) is 18.1 Å². The van der Waals surface area contributed by atoms with E-state index in [4.69, 9.17) is 0 Å². The fourth-order valence-electron chi connectivity index (χ4n) is 2.08. The summed E-state index contributed by atoms with van der Waals surface area (Å²) in [6, 6.07) is 0. The molecule has 1 aromatic rings. The molecule has 21 heavy (non-hydrogen) atoms. The van der Waals surface area contributed by atoms with E-state index in [-0.39, 0.29) is 16.4 Å². The van der Waals surface area contributed by atoms with Crippen LogP contribution in [0.5, 0.6) is 0 Å². The summed E-state index contributed by atoms with van der Waals surface area (Å²) in [5.74, 6) is -0.363. The first-order chi connectivity index (χ1) is 9.89. The topological polar surface area (TPSA) is 75.1 Å². The Morgan fingerprint density at radius 2 is 2.05 bits per heavy atom. The second-order valence-electron chi connectivity index (χ2n) is 5.40. The van der Waals surface area contributed by atoms with Gasteiger partial charge in [0, 0.05) is 17.2 Å². The molecule has 0 aromatic carbocycles. The first-order valence-electron chi connectivity index (χ1n) is 7.28. The third-order valence-electron chi connectivity index (χ3n) is 3.85. The third-order valence-corrected chi connectivity index (χ3v) is 5.44. The molecule has 0 saturated carbocycles. The van der Waals surface area contributed by atoms with Crippen LogP contribution in [0.4, 0.5) is 5.69 Å². The molecule has 118 valence electrons. The molecule has 1 rings (SSSR count). The van der Waals surface area contributed by atoms with E-state index in [9.17, 15) is 9.90 Å². The van der Waals surface area contributed by atoms with Crippen LogP contribution in [-0.4, -0.2) is 38.6 Å². The van der Waals surface area contributed by atoms with Crippen molar-refractivity contribution in [3.63, 3.8) is 0 Å². The normalized spacial score (nSPS) is 11.7. The minimum atomic E-state index is -1.02. The second-order valence-corrected chi connectivity index (χ2v) is 6.67. The van der Waals surface area contributed by atoms with Crippen LogP contribution in [0.2, 0.25) is 0 Å². The number of nitrogens with zero attached hydrogens (tertiary/aromatic N) is 2. The molecular weight excluding hydrogens is 286 g/mol. The molecule has 0 bridgehead atoms. The molecule has 0 aliphatic heterocycles. The molecular formula is C15H25N3O2S. The number of rotatable bonds is 8. The van der Waals surface area contributed by atoms with Crippen molar-refractivity contribution in [2.24, 2.45) is 0 Å². The van der Waals surface area contributed by atoms with Crippen molar-refractivity contribution in [3.05, 3.63) is 17.7 Å². The van der Waals surface area contributed by atoms with Crippen LogP contribution in [0, 0.1) is 0 Å². The zero-order chi connectivity index (χ0) is 16.0. The van der Waals surface area contributed by atoms with Gasteiger partial charge in [-0.05, 0) is 19.1 Å². The maximum absolute atomic E-state index is 11.4. The molecule has 0 fully saturated rings. The van der Waals surface area contributed by atoms with E-state index in [1.807, 2.05) is 25.6 Å². The molecule has 0 radical (unpaired) electrons. The Morgan fingerprint density at radius 1 is 1.43 bits per heavy atom. The van der Waals surface area contributed by atoms with Crippen LogP contribution >= 0.6 is 11.8 Å². The van der Waals surface area contributed by atoms with Gasteiger partial charge in [0.25, 0.3) is 0 Å². The lowest BCUT2D eigenvalue weighted by Gasteiger charge is -2.30. The summed E-state index contributed by atoms with van der Waals surface area (Å²) in [6.45, 7) is 8.89. The third kappa shape index (κ3) is 4.33. The highest BCUT2D eigenvalue weighted by Gasteiger charge is 2.25. The minimum Gasteiger partial charge on any atom is -0.476 e. The quantitative estimate of drug-likeness (QED) is 0.763. The monoisotopic (exact) mass is 311 g/mol. The minimum absolute atomic E-state index is 0.0518. The van der Waals surface area contributed by atoms with Gasteiger partial charge in [0.2, 0.25) is 0 Å². The highest BCUT2D eigenvalue weighted by molar-refractivity contribution is 8.00. The average Bonchev–Trinajstić information content (AvgIpc) is 2.49. The average molecular weight is 311 g/mol. The van der Waals surface area contributed by atoms with E-state index < -0.39 is 5.97 Å². The first kappa shape index (κ1) is 17.8. The lowest BCUT2D eigenvalue weighted by atomic mass is 10.0. The van der Waals surface area contributed by atoms with Gasteiger partial charge in [-0.2, -0.15) is 11.8 Å². The zero-order valence-corrected chi connectivity index (χ0v) is 14.3. The van der Waals surface area contributed by atoms with Crippen molar-refractivity contribution in [1.82, 2.24) is 9.97 Å². The van der Waals surface area contributed by atoms with Gasteiger partial charge in [0.1, 0.15) is 5.82 Å². The highest BCUT2D eigenvalue weighted by atomic mass is 32.2. The molecule has 0 unspecified atom stereocenters. The van der Waals surface area contributed by atoms with Crippen molar-refractivity contribution in [1.29, 1.82) is 0 Å². The Bertz CT molecular complexity index is 480. The Balaban J connectivity index is 3.00. The van der Waals surface area contributed by atoms with Crippen LogP contribution in [-0.2, 0) is 0 Å². The molecule has 0 atom stereocenters. The molecule has 0 aliphatic carbocycles. The van der Waals surface area contributed by atoms with E-state index in [0.717, 1.165) is 12.8 Å². The Morgan fingerprint density at radius 3 is 2.48 bits per heavy atom. The Hall–Kier alpha value is -1.30. The van der Waals surface area contributed by atoms with Crippen molar-refractivity contribution in [3.8, 4) is 0 Å². The fraction of sp³-hybridized carbons (Fsp3) is 0.667. The molecule has 1 heterocycles. The van der Waals surface area contributed by atoms with Gasteiger partial charge in [0.15, 0.2) is 5.69 Å². The van der Waals surface area contributed by atoms with E-state index in [0.29, 0.717) is 18.1 Å². The molecule has 1 aromatic heterocycles. The number of carboxylic acid groups (broad SMARTS) is 1. The lowest BCUT2D eigenvalue weighted by Crippen LogP contribution is -2.32. The molecule has 0 amide bonds. The van der Waals surface area contributed by atoms with Crippen molar-refractivity contribution >= 4 is 23.4 Å². The van der Waals surface area contributed by atoms with Gasteiger partial charge in [-0.25, -0.2) is 14.8 Å².